The largest absolute Gasteiger partial charge is 0.488 e. The predicted octanol–water partition coefficient (Wildman–Crippen LogP) is 3.53. The maximum atomic E-state index is 10.7. The van der Waals surface area contributed by atoms with Gasteiger partial charge in [0.05, 0.1) is 15.5 Å². The van der Waals surface area contributed by atoms with Gasteiger partial charge in [0.2, 0.25) is 0 Å². The van der Waals surface area contributed by atoms with Gasteiger partial charge in [-0.05, 0) is 48.8 Å². The maximum absolute atomic E-state index is 10.7. The molecular formula is C10H12BrNO3. The SMILES string of the molecule is CC(C)(C)Oc1ccc(Br)c([N+](=O)[O-])c1. The highest BCUT2D eigenvalue weighted by Crippen LogP contribution is 2.30. The van der Waals surface area contributed by atoms with Crippen LogP contribution in [-0.4, -0.2) is 10.5 Å². The van der Waals surface area contributed by atoms with Gasteiger partial charge in [-0.2, -0.15) is 0 Å². The van der Waals surface area contributed by atoms with E-state index in [9.17, 15) is 10.1 Å². The van der Waals surface area contributed by atoms with Crippen LogP contribution in [0.25, 0.3) is 0 Å². The molecule has 0 aliphatic rings. The fraction of sp³-hybridized carbons (Fsp3) is 0.400. The number of hydrogen-bond acceptors (Lipinski definition) is 3. The minimum Gasteiger partial charge on any atom is -0.488 e. The van der Waals surface area contributed by atoms with Crippen molar-refractivity contribution in [3.05, 3.63) is 32.8 Å². The summed E-state index contributed by atoms with van der Waals surface area (Å²) in [6, 6.07) is 4.72. The molecule has 0 radical (unpaired) electrons. The average molecular weight is 274 g/mol. The Morgan fingerprint density at radius 1 is 1.40 bits per heavy atom. The minimum absolute atomic E-state index is 0.0109. The summed E-state index contributed by atoms with van der Waals surface area (Å²) in [6.45, 7) is 5.67. The van der Waals surface area contributed by atoms with E-state index >= 15 is 0 Å². The lowest BCUT2D eigenvalue weighted by atomic mass is 10.2. The van der Waals surface area contributed by atoms with E-state index in [1.165, 1.54) is 6.07 Å². The maximum Gasteiger partial charge on any atom is 0.287 e. The smallest absolute Gasteiger partial charge is 0.287 e. The standard InChI is InChI=1S/C10H12BrNO3/c1-10(2,3)15-7-4-5-8(11)9(6-7)12(13)14/h4-6H,1-3H3. The van der Waals surface area contributed by atoms with Crippen LogP contribution in [0, 0.1) is 10.1 Å². The van der Waals surface area contributed by atoms with E-state index in [0.717, 1.165) is 0 Å². The molecule has 0 aromatic heterocycles. The highest BCUT2D eigenvalue weighted by molar-refractivity contribution is 9.10. The van der Waals surface area contributed by atoms with Crippen LogP contribution in [-0.2, 0) is 0 Å². The highest BCUT2D eigenvalue weighted by atomic mass is 79.9. The van der Waals surface area contributed by atoms with Crippen LogP contribution in [0.2, 0.25) is 0 Å². The fourth-order valence-electron chi connectivity index (χ4n) is 1.05. The Kier molecular flexibility index (Phi) is 3.34. The van der Waals surface area contributed by atoms with E-state index in [0.29, 0.717) is 10.2 Å². The van der Waals surface area contributed by atoms with Crippen LogP contribution in [0.5, 0.6) is 5.75 Å². The first-order valence-electron chi connectivity index (χ1n) is 4.42. The Morgan fingerprint density at radius 3 is 2.47 bits per heavy atom. The fourth-order valence-corrected chi connectivity index (χ4v) is 1.44. The lowest BCUT2D eigenvalue weighted by molar-refractivity contribution is -0.385. The van der Waals surface area contributed by atoms with Crippen LogP contribution in [0.4, 0.5) is 5.69 Å². The summed E-state index contributed by atoms with van der Waals surface area (Å²) in [6.07, 6.45) is 0. The van der Waals surface area contributed by atoms with Gasteiger partial charge in [-0.3, -0.25) is 10.1 Å². The summed E-state index contributed by atoms with van der Waals surface area (Å²) in [7, 11) is 0. The molecule has 15 heavy (non-hydrogen) atoms. The molecule has 0 saturated heterocycles. The molecule has 82 valence electrons. The summed E-state index contributed by atoms with van der Waals surface area (Å²) in [5.74, 6) is 0.498. The van der Waals surface area contributed by atoms with Crippen molar-refractivity contribution in [3.63, 3.8) is 0 Å². The van der Waals surface area contributed by atoms with E-state index in [-0.39, 0.29) is 11.3 Å². The Balaban J connectivity index is 3.03. The van der Waals surface area contributed by atoms with Crippen molar-refractivity contribution >= 4 is 21.6 Å². The first-order valence-corrected chi connectivity index (χ1v) is 5.22. The van der Waals surface area contributed by atoms with Gasteiger partial charge in [-0.1, -0.05) is 0 Å². The first kappa shape index (κ1) is 12.0. The third kappa shape index (κ3) is 3.51. The van der Waals surface area contributed by atoms with Gasteiger partial charge in [-0.25, -0.2) is 0 Å². The summed E-state index contributed by atoms with van der Waals surface area (Å²) in [4.78, 5) is 10.2. The van der Waals surface area contributed by atoms with Gasteiger partial charge in [-0.15, -0.1) is 0 Å². The van der Waals surface area contributed by atoms with Crippen LogP contribution < -0.4 is 4.74 Å². The molecular weight excluding hydrogens is 262 g/mol. The molecule has 0 N–H and O–H groups in total. The molecule has 0 heterocycles. The molecule has 0 spiro atoms. The molecule has 0 unspecified atom stereocenters. The van der Waals surface area contributed by atoms with E-state index in [2.05, 4.69) is 15.9 Å². The summed E-state index contributed by atoms with van der Waals surface area (Å²) < 4.78 is 5.97. The second-order valence-electron chi connectivity index (χ2n) is 4.08. The zero-order valence-corrected chi connectivity index (χ0v) is 10.4. The third-order valence-electron chi connectivity index (χ3n) is 1.54. The first-order chi connectivity index (χ1) is 6.79. The molecule has 0 aliphatic heterocycles. The van der Waals surface area contributed by atoms with E-state index in [1.54, 1.807) is 12.1 Å². The van der Waals surface area contributed by atoms with Crippen molar-refractivity contribution in [1.82, 2.24) is 0 Å². The number of nitrogens with zero attached hydrogens (tertiary/aromatic N) is 1. The zero-order chi connectivity index (χ0) is 11.6. The van der Waals surface area contributed by atoms with Crippen molar-refractivity contribution in [2.45, 2.75) is 26.4 Å². The second-order valence-corrected chi connectivity index (χ2v) is 4.94. The van der Waals surface area contributed by atoms with Crippen LogP contribution >= 0.6 is 15.9 Å². The van der Waals surface area contributed by atoms with Crippen LogP contribution in [0.15, 0.2) is 22.7 Å². The topological polar surface area (TPSA) is 52.4 Å². The Morgan fingerprint density at radius 2 is 2.00 bits per heavy atom. The van der Waals surface area contributed by atoms with Gasteiger partial charge in [0.15, 0.2) is 0 Å². The normalized spacial score (nSPS) is 11.2. The Hall–Kier alpha value is -1.10. The number of rotatable bonds is 2. The van der Waals surface area contributed by atoms with Crippen LogP contribution in [0.1, 0.15) is 20.8 Å². The molecule has 0 bridgehead atoms. The number of ether oxygens (including phenoxy) is 1. The lowest BCUT2D eigenvalue weighted by Crippen LogP contribution is -2.22. The Bertz CT molecular complexity index is 385. The van der Waals surface area contributed by atoms with E-state index < -0.39 is 4.92 Å². The number of benzene rings is 1. The molecule has 1 aromatic carbocycles. The van der Waals surface area contributed by atoms with Crippen molar-refractivity contribution in [3.8, 4) is 5.75 Å². The summed E-state index contributed by atoms with van der Waals surface area (Å²) >= 11 is 3.11. The van der Waals surface area contributed by atoms with Gasteiger partial charge in [0.1, 0.15) is 11.4 Å². The van der Waals surface area contributed by atoms with Crippen LogP contribution in [0.3, 0.4) is 0 Å². The molecule has 1 aromatic rings. The zero-order valence-electron chi connectivity index (χ0n) is 8.78. The predicted molar refractivity (Wildman–Crippen MR) is 61.2 cm³/mol. The van der Waals surface area contributed by atoms with Gasteiger partial charge < -0.3 is 4.74 Å². The van der Waals surface area contributed by atoms with Crippen molar-refractivity contribution in [1.29, 1.82) is 0 Å². The minimum atomic E-state index is -0.445. The molecule has 5 heteroatoms. The van der Waals surface area contributed by atoms with Gasteiger partial charge >= 0.3 is 0 Å². The van der Waals surface area contributed by atoms with E-state index in [1.807, 2.05) is 20.8 Å². The molecule has 1 rings (SSSR count). The Labute approximate surface area is 96.5 Å². The average Bonchev–Trinajstić information content (AvgIpc) is 2.05. The van der Waals surface area contributed by atoms with Crippen molar-refractivity contribution < 1.29 is 9.66 Å². The van der Waals surface area contributed by atoms with E-state index in [4.69, 9.17) is 4.74 Å². The summed E-state index contributed by atoms with van der Waals surface area (Å²) in [5, 5.41) is 10.7. The lowest BCUT2D eigenvalue weighted by Gasteiger charge is -2.21. The van der Waals surface area contributed by atoms with Gasteiger partial charge in [0.25, 0.3) is 5.69 Å². The quantitative estimate of drug-likeness (QED) is 0.612. The molecule has 0 fully saturated rings. The molecule has 0 aliphatic carbocycles. The van der Waals surface area contributed by atoms with Crippen molar-refractivity contribution in [2.24, 2.45) is 0 Å². The summed E-state index contributed by atoms with van der Waals surface area (Å²) in [5.41, 5.74) is -0.349. The third-order valence-corrected chi connectivity index (χ3v) is 2.21. The number of hydrogen-bond donors (Lipinski definition) is 0. The molecule has 0 atom stereocenters. The number of nitro benzene ring substituents is 1. The monoisotopic (exact) mass is 273 g/mol. The number of halogens is 1. The second kappa shape index (κ2) is 4.18. The number of nitro groups is 1. The molecule has 0 saturated carbocycles. The van der Waals surface area contributed by atoms with Crippen molar-refractivity contribution in [2.75, 3.05) is 0 Å². The molecule has 0 amide bonds. The van der Waals surface area contributed by atoms with Gasteiger partial charge in [0, 0.05) is 0 Å². The molecule has 4 nitrogen and oxygen atoms in total. The highest BCUT2D eigenvalue weighted by Gasteiger charge is 2.16.